The summed E-state index contributed by atoms with van der Waals surface area (Å²) in [5, 5.41) is 14.0. The predicted octanol–water partition coefficient (Wildman–Crippen LogP) is 1.90. The highest BCUT2D eigenvalue weighted by Crippen LogP contribution is 2.14. The van der Waals surface area contributed by atoms with Crippen LogP contribution in [0.25, 0.3) is 0 Å². The smallest absolute Gasteiger partial charge is 0.269 e. The zero-order chi connectivity index (χ0) is 13.0. The summed E-state index contributed by atoms with van der Waals surface area (Å²) < 4.78 is 5.48. The molecule has 2 unspecified atom stereocenters. The molecule has 0 aromatic heterocycles. The van der Waals surface area contributed by atoms with Crippen LogP contribution in [0.15, 0.2) is 24.3 Å². The summed E-state index contributed by atoms with van der Waals surface area (Å²) in [7, 11) is 0. The molecule has 1 aliphatic heterocycles. The lowest BCUT2D eigenvalue weighted by atomic mass is 10.0. The van der Waals surface area contributed by atoms with Gasteiger partial charge in [-0.25, -0.2) is 0 Å². The van der Waals surface area contributed by atoms with E-state index in [1.54, 1.807) is 12.1 Å². The molecule has 2 atom stereocenters. The Morgan fingerprint density at radius 2 is 2.11 bits per heavy atom. The van der Waals surface area contributed by atoms with Gasteiger partial charge >= 0.3 is 0 Å². The van der Waals surface area contributed by atoms with Crippen molar-refractivity contribution in [2.75, 3.05) is 13.2 Å². The molecule has 1 fully saturated rings. The number of hydrogen-bond donors (Lipinski definition) is 1. The Balaban J connectivity index is 1.84. The maximum Gasteiger partial charge on any atom is 0.269 e. The molecule has 1 aromatic rings. The van der Waals surface area contributed by atoms with E-state index in [2.05, 4.69) is 12.2 Å². The Hall–Kier alpha value is -1.46. The topological polar surface area (TPSA) is 64.4 Å². The minimum Gasteiger partial charge on any atom is -0.378 e. The fourth-order valence-electron chi connectivity index (χ4n) is 2.18. The summed E-state index contributed by atoms with van der Waals surface area (Å²) >= 11 is 0. The van der Waals surface area contributed by atoms with Gasteiger partial charge < -0.3 is 10.1 Å². The number of non-ortho nitro benzene ring substituents is 1. The van der Waals surface area contributed by atoms with Crippen molar-refractivity contribution in [3.05, 3.63) is 39.9 Å². The summed E-state index contributed by atoms with van der Waals surface area (Å²) in [4.78, 5) is 10.2. The molecular weight excluding hydrogens is 232 g/mol. The van der Waals surface area contributed by atoms with Crippen molar-refractivity contribution in [2.24, 2.45) is 0 Å². The molecule has 2 rings (SSSR count). The normalized spacial score (nSPS) is 23.8. The van der Waals surface area contributed by atoms with Crippen LogP contribution in [-0.4, -0.2) is 30.2 Å². The number of ether oxygens (including phenoxy) is 1. The van der Waals surface area contributed by atoms with Crippen LogP contribution in [0.3, 0.4) is 0 Å². The average Bonchev–Trinajstić information content (AvgIpc) is 2.37. The third-order valence-corrected chi connectivity index (χ3v) is 3.14. The highest BCUT2D eigenvalue weighted by Gasteiger charge is 2.17. The van der Waals surface area contributed by atoms with E-state index >= 15 is 0 Å². The predicted molar refractivity (Wildman–Crippen MR) is 68.6 cm³/mol. The molecule has 0 saturated carbocycles. The van der Waals surface area contributed by atoms with Crippen molar-refractivity contribution in [3.63, 3.8) is 0 Å². The molecule has 5 nitrogen and oxygen atoms in total. The third kappa shape index (κ3) is 3.51. The van der Waals surface area contributed by atoms with E-state index in [0.29, 0.717) is 12.1 Å². The molecular formula is C13H18N2O3. The number of nitro benzene ring substituents is 1. The Labute approximate surface area is 106 Å². The monoisotopic (exact) mass is 250 g/mol. The number of hydrogen-bond acceptors (Lipinski definition) is 4. The van der Waals surface area contributed by atoms with Gasteiger partial charge in [0.1, 0.15) is 0 Å². The van der Waals surface area contributed by atoms with Gasteiger partial charge in [0, 0.05) is 24.2 Å². The molecule has 1 N–H and O–H groups in total. The summed E-state index contributed by atoms with van der Waals surface area (Å²) in [5.74, 6) is 0. The number of rotatable bonds is 4. The molecule has 5 heteroatoms. The van der Waals surface area contributed by atoms with E-state index in [-0.39, 0.29) is 10.6 Å². The molecule has 0 radical (unpaired) electrons. The highest BCUT2D eigenvalue weighted by molar-refractivity contribution is 5.32. The van der Waals surface area contributed by atoms with Gasteiger partial charge in [0.25, 0.3) is 5.69 Å². The van der Waals surface area contributed by atoms with Crippen LogP contribution >= 0.6 is 0 Å². The van der Waals surface area contributed by atoms with Gasteiger partial charge in [0.2, 0.25) is 0 Å². The van der Waals surface area contributed by atoms with Crippen LogP contribution in [-0.2, 0) is 11.2 Å². The van der Waals surface area contributed by atoms with E-state index < -0.39 is 0 Å². The lowest BCUT2D eigenvalue weighted by molar-refractivity contribution is -0.384. The van der Waals surface area contributed by atoms with Crippen molar-refractivity contribution in [3.8, 4) is 0 Å². The zero-order valence-corrected chi connectivity index (χ0v) is 10.5. The van der Waals surface area contributed by atoms with E-state index in [9.17, 15) is 10.1 Å². The van der Waals surface area contributed by atoms with Crippen molar-refractivity contribution in [1.82, 2.24) is 5.32 Å². The van der Waals surface area contributed by atoms with Crippen molar-refractivity contribution in [1.29, 1.82) is 0 Å². The van der Waals surface area contributed by atoms with Crippen LogP contribution < -0.4 is 5.32 Å². The Kier molecular flexibility index (Phi) is 4.28. The first-order chi connectivity index (χ1) is 8.65. The molecule has 98 valence electrons. The molecule has 1 heterocycles. The number of aryl methyl sites for hydroxylation is 1. The van der Waals surface area contributed by atoms with Gasteiger partial charge in [-0.1, -0.05) is 12.1 Å². The van der Waals surface area contributed by atoms with E-state index in [1.807, 2.05) is 12.1 Å². The first kappa shape index (κ1) is 13.0. The van der Waals surface area contributed by atoms with Crippen molar-refractivity contribution in [2.45, 2.75) is 31.8 Å². The quantitative estimate of drug-likeness (QED) is 0.655. The van der Waals surface area contributed by atoms with Gasteiger partial charge in [-0.05, 0) is 25.3 Å². The number of benzene rings is 1. The maximum absolute atomic E-state index is 10.5. The van der Waals surface area contributed by atoms with E-state index in [4.69, 9.17) is 4.74 Å². The van der Waals surface area contributed by atoms with Crippen LogP contribution in [0, 0.1) is 10.1 Å². The molecule has 0 bridgehead atoms. The summed E-state index contributed by atoms with van der Waals surface area (Å²) in [5.41, 5.74) is 1.27. The number of nitro groups is 1. The lowest BCUT2D eigenvalue weighted by Gasteiger charge is -2.28. The van der Waals surface area contributed by atoms with Crippen molar-refractivity contribution < 1.29 is 9.66 Å². The first-order valence-corrected chi connectivity index (χ1v) is 6.22. The minimum absolute atomic E-state index is 0.145. The largest absolute Gasteiger partial charge is 0.378 e. The molecule has 1 aliphatic rings. The molecule has 1 aromatic carbocycles. The van der Waals surface area contributed by atoms with Gasteiger partial charge in [-0.3, -0.25) is 10.1 Å². The molecule has 0 spiro atoms. The maximum atomic E-state index is 10.5. The average molecular weight is 250 g/mol. The van der Waals surface area contributed by atoms with Gasteiger partial charge in [0.05, 0.1) is 18.1 Å². The standard InChI is InChI=1S/C13H18N2O3/c1-10-8-18-9-12(14-10)5-2-11-3-6-13(7-4-11)15(16)17/h3-4,6-7,10,12,14H,2,5,8-9H2,1H3. The fourth-order valence-corrected chi connectivity index (χ4v) is 2.18. The first-order valence-electron chi connectivity index (χ1n) is 6.22. The van der Waals surface area contributed by atoms with E-state index in [1.165, 1.54) is 0 Å². The highest BCUT2D eigenvalue weighted by atomic mass is 16.6. The third-order valence-electron chi connectivity index (χ3n) is 3.14. The SMILES string of the molecule is CC1COCC(CCc2ccc([N+](=O)[O-])cc2)N1. The van der Waals surface area contributed by atoms with Gasteiger partial charge in [0.15, 0.2) is 0 Å². The van der Waals surface area contributed by atoms with Crippen LogP contribution in [0.1, 0.15) is 18.9 Å². The number of nitrogens with one attached hydrogen (secondary N) is 1. The van der Waals surface area contributed by atoms with E-state index in [0.717, 1.165) is 31.6 Å². The molecule has 18 heavy (non-hydrogen) atoms. The minimum atomic E-state index is -0.373. The van der Waals surface area contributed by atoms with Gasteiger partial charge in [-0.2, -0.15) is 0 Å². The molecule has 0 aliphatic carbocycles. The van der Waals surface area contributed by atoms with Crippen LogP contribution in [0.4, 0.5) is 5.69 Å². The zero-order valence-electron chi connectivity index (χ0n) is 10.5. The Bertz CT molecular complexity index is 405. The Morgan fingerprint density at radius 3 is 2.72 bits per heavy atom. The van der Waals surface area contributed by atoms with Crippen LogP contribution in [0.2, 0.25) is 0 Å². The fraction of sp³-hybridized carbons (Fsp3) is 0.538. The van der Waals surface area contributed by atoms with Crippen LogP contribution in [0.5, 0.6) is 0 Å². The molecule has 0 amide bonds. The molecule has 1 saturated heterocycles. The number of morpholine rings is 1. The second kappa shape index (κ2) is 5.93. The summed E-state index contributed by atoms with van der Waals surface area (Å²) in [6.07, 6.45) is 1.90. The van der Waals surface area contributed by atoms with Gasteiger partial charge in [-0.15, -0.1) is 0 Å². The second-order valence-corrected chi connectivity index (χ2v) is 4.76. The summed E-state index contributed by atoms with van der Waals surface area (Å²) in [6.45, 7) is 3.63. The second-order valence-electron chi connectivity index (χ2n) is 4.76. The Morgan fingerprint density at radius 1 is 1.39 bits per heavy atom. The summed E-state index contributed by atoms with van der Waals surface area (Å²) in [6, 6.07) is 7.55. The lowest BCUT2D eigenvalue weighted by Crippen LogP contribution is -2.47. The number of nitrogens with zero attached hydrogens (tertiary/aromatic N) is 1. The van der Waals surface area contributed by atoms with Crippen molar-refractivity contribution >= 4 is 5.69 Å².